The molecule has 0 spiro atoms. The first kappa shape index (κ1) is 18.0. The van der Waals surface area contributed by atoms with Crippen LogP contribution in [0.4, 0.5) is 15.9 Å². The molecule has 0 aliphatic heterocycles. The average molecular weight is 354 g/mol. The van der Waals surface area contributed by atoms with E-state index in [-0.39, 0.29) is 17.3 Å². The fourth-order valence-electron chi connectivity index (χ4n) is 2.60. The van der Waals surface area contributed by atoms with Gasteiger partial charge in [-0.3, -0.25) is 4.40 Å². The average Bonchev–Trinajstić information content (AvgIpc) is 2.91. The molecule has 6 heteroatoms. The second-order valence-electron chi connectivity index (χ2n) is 7.44. The summed E-state index contributed by atoms with van der Waals surface area (Å²) in [4.78, 5) is 4.62. The van der Waals surface area contributed by atoms with Gasteiger partial charge in [0.2, 0.25) is 0 Å². The highest BCUT2D eigenvalue weighted by atomic mass is 19.1. The van der Waals surface area contributed by atoms with Crippen LogP contribution in [0.25, 0.3) is 5.65 Å². The van der Waals surface area contributed by atoms with Gasteiger partial charge >= 0.3 is 0 Å². The molecule has 26 heavy (non-hydrogen) atoms. The Labute approximate surface area is 152 Å². The fraction of sp³-hybridized carbons (Fsp3) is 0.350. The molecule has 0 bridgehead atoms. The number of nitrogens with zero attached hydrogens (tertiary/aromatic N) is 4. The summed E-state index contributed by atoms with van der Waals surface area (Å²) in [6, 6.07) is 10.5. The highest BCUT2D eigenvalue weighted by molar-refractivity contribution is 5.55. The summed E-state index contributed by atoms with van der Waals surface area (Å²) < 4.78 is 21.2. The molecule has 0 amide bonds. The van der Waals surface area contributed by atoms with E-state index in [1.165, 1.54) is 12.3 Å². The molecular formula is C20H23FN4O. The first-order valence-electron chi connectivity index (χ1n) is 8.61. The van der Waals surface area contributed by atoms with Gasteiger partial charge in [-0.1, -0.05) is 32.9 Å². The van der Waals surface area contributed by atoms with E-state index in [1.807, 2.05) is 58.9 Å². The Morgan fingerprint density at radius 2 is 1.81 bits per heavy atom. The number of benzene rings is 1. The van der Waals surface area contributed by atoms with Gasteiger partial charge in [-0.15, -0.1) is 10.2 Å². The zero-order chi connectivity index (χ0) is 18.9. The predicted molar refractivity (Wildman–Crippen MR) is 100 cm³/mol. The molecule has 1 aromatic carbocycles. The molecule has 5 nitrogen and oxygen atoms in total. The Hall–Kier alpha value is -2.76. The molecule has 136 valence electrons. The number of halogens is 1. The van der Waals surface area contributed by atoms with Crippen LogP contribution in [-0.4, -0.2) is 15.5 Å². The van der Waals surface area contributed by atoms with Crippen LogP contribution < -0.4 is 4.74 Å². The fourth-order valence-corrected chi connectivity index (χ4v) is 2.60. The van der Waals surface area contributed by atoms with Crippen molar-refractivity contribution in [2.24, 2.45) is 10.2 Å². The topological polar surface area (TPSA) is 51.2 Å². The van der Waals surface area contributed by atoms with Crippen molar-refractivity contribution in [1.29, 1.82) is 0 Å². The van der Waals surface area contributed by atoms with E-state index in [4.69, 9.17) is 4.74 Å². The molecule has 0 fully saturated rings. The van der Waals surface area contributed by atoms with Crippen LogP contribution in [0.15, 0.2) is 52.8 Å². The molecule has 0 saturated heterocycles. The van der Waals surface area contributed by atoms with Gasteiger partial charge in [-0.05, 0) is 38.1 Å². The van der Waals surface area contributed by atoms with Crippen LogP contribution in [0, 0.1) is 5.82 Å². The summed E-state index contributed by atoms with van der Waals surface area (Å²) in [5.74, 6) is 0.824. The van der Waals surface area contributed by atoms with Crippen molar-refractivity contribution in [3.05, 3.63) is 54.1 Å². The Morgan fingerprint density at radius 1 is 1.08 bits per heavy atom. The minimum absolute atomic E-state index is 0.0291. The normalized spacial score (nSPS) is 12.4. The minimum Gasteiger partial charge on any atom is -0.489 e. The zero-order valence-corrected chi connectivity index (χ0v) is 15.7. The van der Waals surface area contributed by atoms with Crippen LogP contribution in [-0.2, 0) is 5.41 Å². The third-order valence-electron chi connectivity index (χ3n) is 3.75. The van der Waals surface area contributed by atoms with Crippen molar-refractivity contribution in [2.45, 2.75) is 46.1 Å². The number of pyridine rings is 1. The Balaban J connectivity index is 2.11. The molecule has 0 N–H and O–H groups in total. The van der Waals surface area contributed by atoms with E-state index in [2.05, 4.69) is 15.2 Å². The molecule has 2 aromatic heterocycles. The maximum Gasteiger partial charge on any atom is 0.183 e. The zero-order valence-electron chi connectivity index (χ0n) is 15.7. The van der Waals surface area contributed by atoms with E-state index in [9.17, 15) is 4.39 Å². The number of aromatic nitrogens is 2. The van der Waals surface area contributed by atoms with Crippen LogP contribution in [0.5, 0.6) is 5.75 Å². The van der Waals surface area contributed by atoms with Gasteiger partial charge in [-0.2, -0.15) is 0 Å². The maximum absolute atomic E-state index is 13.8. The van der Waals surface area contributed by atoms with Crippen LogP contribution >= 0.6 is 0 Å². The second-order valence-corrected chi connectivity index (χ2v) is 7.44. The Kier molecular flexibility index (Phi) is 4.76. The van der Waals surface area contributed by atoms with E-state index in [0.717, 1.165) is 5.69 Å². The van der Waals surface area contributed by atoms with Crippen molar-refractivity contribution in [2.75, 3.05) is 0 Å². The molecule has 3 aromatic rings. The van der Waals surface area contributed by atoms with E-state index in [0.29, 0.717) is 22.9 Å². The summed E-state index contributed by atoms with van der Waals surface area (Å²) in [5, 5.41) is 8.79. The lowest BCUT2D eigenvalue weighted by molar-refractivity contribution is 0.243. The van der Waals surface area contributed by atoms with E-state index in [1.54, 1.807) is 10.5 Å². The SMILES string of the molecule is CC(C)Oc1ccccc1N=Nc1c(C(C)(C)C)nc2ccc(F)cn12. The van der Waals surface area contributed by atoms with Crippen molar-refractivity contribution >= 4 is 17.2 Å². The standard InChI is InChI=1S/C20H23FN4O/c1-13(2)26-16-9-7-6-8-15(16)23-24-19-18(20(3,4)5)22-17-11-10-14(21)12-25(17)19/h6-13H,1-5H3. The van der Waals surface area contributed by atoms with Gasteiger partial charge in [0, 0.05) is 11.6 Å². The highest BCUT2D eigenvalue weighted by Gasteiger charge is 2.24. The first-order chi connectivity index (χ1) is 12.3. The lowest BCUT2D eigenvalue weighted by Crippen LogP contribution is -2.11. The van der Waals surface area contributed by atoms with Gasteiger partial charge < -0.3 is 4.74 Å². The Bertz CT molecular complexity index is 954. The number of imidazole rings is 1. The first-order valence-corrected chi connectivity index (χ1v) is 8.61. The molecule has 0 radical (unpaired) electrons. The molecule has 3 rings (SSSR count). The van der Waals surface area contributed by atoms with Gasteiger partial charge in [-0.25, -0.2) is 9.37 Å². The van der Waals surface area contributed by atoms with Crippen molar-refractivity contribution in [1.82, 2.24) is 9.38 Å². The largest absolute Gasteiger partial charge is 0.489 e. The molecule has 0 saturated carbocycles. The van der Waals surface area contributed by atoms with Crippen LogP contribution in [0.3, 0.4) is 0 Å². The smallest absolute Gasteiger partial charge is 0.183 e. The van der Waals surface area contributed by atoms with E-state index >= 15 is 0 Å². The molecular weight excluding hydrogens is 331 g/mol. The van der Waals surface area contributed by atoms with Crippen LogP contribution in [0.1, 0.15) is 40.3 Å². The van der Waals surface area contributed by atoms with Crippen molar-refractivity contribution in [3.8, 4) is 5.75 Å². The highest BCUT2D eigenvalue weighted by Crippen LogP contribution is 2.35. The van der Waals surface area contributed by atoms with Crippen LogP contribution in [0.2, 0.25) is 0 Å². The predicted octanol–water partition coefficient (Wildman–Crippen LogP) is 5.97. The molecule has 2 heterocycles. The maximum atomic E-state index is 13.8. The third-order valence-corrected chi connectivity index (χ3v) is 3.75. The number of fused-ring (bicyclic) bond motifs is 1. The minimum atomic E-state index is -0.352. The van der Waals surface area contributed by atoms with Crippen molar-refractivity contribution in [3.63, 3.8) is 0 Å². The summed E-state index contributed by atoms with van der Waals surface area (Å²) in [5.41, 5.74) is 1.75. The van der Waals surface area contributed by atoms with Crippen molar-refractivity contribution < 1.29 is 9.13 Å². The molecule has 0 atom stereocenters. The summed E-state index contributed by atoms with van der Waals surface area (Å²) in [7, 11) is 0. The number of hydrogen-bond acceptors (Lipinski definition) is 4. The van der Waals surface area contributed by atoms with Gasteiger partial charge in [0.1, 0.15) is 22.9 Å². The number of rotatable bonds is 4. The molecule has 0 aliphatic rings. The number of hydrogen-bond donors (Lipinski definition) is 0. The number of azo groups is 1. The summed E-state index contributed by atoms with van der Waals surface area (Å²) in [6.45, 7) is 10.0. The quantitative estimate of drug-likeness (QED) is 0.542. The summed E-state index contributed by atoms with van der Waals surface area (Å²) >= 11 is 0. The molecule has 0 unspecified atom stereocenters. The van der Waals surface area contributed by atoms with Gasteiger partial charge in [0.05, 0.1) is 11.8 Å². The molecule has 0 aliphatic carbocycles. The number of ether oxygens (including phenoxy) is 1. The third kappa shape index (κ3) is 3.74. The van der Waals surface area contributed by atoms with Gasteiger partial charge in [0.25, 0.3) is 0 Å². The Morgan fingerprint density at radius 3 is 2.50 bits per heavy atom. The number of para-hydroxylation sites is 1. The lowest BCUT2D eigenvalue weighted by atomic mass is 9.92. The monoisotopic (exact) mass is 354 g/mol. The lowest BCUT2D eigenvalue weighted by Gasteiger charge is -2.15. The second kappa shape index (κ2) is 6.86. The summed E-state index contributed by atoms with van der Waals surface area (Å²) in [6.07, 6.45) is 1.41. The van der Waals surface area contributed by atoms with E-state index < -0.39 is 0 Å². The van der Waals surface area contributed by atoms with Gasteiger partial charge in [0.15, 0.2) is 5.82 Å².